The van der Waals surface area contributed by atoms with E-state index in [0.29, 0.717) is 17.0 Å². The highest BCUT2D eigenvalue weighted by molar-refractivity contribution is 6.17. The summed E-state index contributed by atoms with van der Waals surface area (Å²) < 4.78 is 0. The van der Waals surface area contributed by atoms with E-state index in [-0.39, 0.29) is 0 Å². The number of nitriles is 2. The highest BCUT2D eigenvalue weighted by Gasteiger charge is 2.00. The summed E-state index contributed by atoms with van der Waals surface area (Å²) in [5.74, 6) is 0.361. The highest BCUT2D eigenvalue weighted by Crippen LogP contribution is 2.11. The van der Waals surface area contributed by atoms with Crippen LogP contribution in [0.15, 0.2) is 18.2 Å². The van der Waals surface area contributed by atoms with Gasteiger partial charge in [0, 0.05) is 5.88 Å². The molecule has 0 heterocycles. The van der Waals surface area contributed by atoms with Crippen LogP contribution in [0.4, 0.5) is 0 Å². The predicted molar refractivity (Wildman–Crippen MR) is 45.4 cm³/mol. The first-order chi connectivity index (χ1) is 5.81. The summed E-state index contributed by atoms with van der Waals surface area (Å²) in [4.78, 5) is 0. The molecule has 0 spiro atoms. The van der Waals surface area contributed by atoms with Gasteiger partial charge in [0.15, 0.2) is 0 Å². The maximum absolute atomic E-state index is 8.63. The Morgan fingerprint density at radius 2 is 1.83 bits per heavy atom. The lowest BCUT2D eigenvalue weighted by molar-refractivity contribution is 1.35. The summed E-state index contributed by atoms with van der Waals surface area (Å²) in [5.41, 5.74) is 1.63. The van der Waals surface area contributed by atoms with Gasteiger partial charge in [0.25, 0.3) is 0 Å². The second kappa shape index (κ2) is 3.76. The van der Waals surface area contributed by atoms with Crippen LogP contribution < -0.4 is 0 Å². The molecule has 0 bridgehead atoms. The van der Waals surface area contributed by atoms with E-state index in [1.54, 1.807) is 18.2 Å². The molecule has 3 heteroatoms. The third-order valence-electron chi connectivity index (χ3n) is 1.48. The zero-order valence-electron chi connectivity index (χ0n) is 6.21. The molecule has 58 valence electrons. The van der Waals surface area contributed by atoms with E-state index in [1.807, 2.05) is 12.1 Å². The maximum Gasteiger partial charge on any atom is 0.101 e. The Hall–Kier alpha value is -1.51. The molecule has 0 saturated heterocycles. The Balaban J connectivity index is 3.25. The molecule has 0 aromatic heterocycles. The third kappa shape index (κ3) is 1.56. The van der Waals surface area contributed by atoms with Crippen LogP contribution in [-0.4, -0.2) is 0 Å². The van der Waals surface area contributed by atoms with Crippen LogP contribution >= 0.6 is 11.6 Å². The fraction of sp³-hybridized carbons (Fsp3) is 0.111. The summed E-state index contributed by atoms with van der Waals surface area (Å²) in [7, 11) is 0. The molecule has 0 aliphatic carbocycles. The molecular formula is C9H5ClN2. The van der Waals surface area contributed by atoms with Gasteiger partial charge in [-0.2, -0.15) is 10.5 Å². The zero-order valence-corrected chi connectivity index (χ0v) is 6.97. The van der Waals surface area contributed by atoms with Gasteiger partial charge in [0.2, 0.25) is 0 Å². The molecule has 0 fully saturated rings. The molecule has 2 nitrogen and oxygen atoms in total. The van der Waals surface area contributed by atoms with Gasteiger partial charge in [0.1, 0.15) is 12.1 Å². The topological polar surface area (TPSA) is 47.6 Å². The Labute approximate surface area is 75.6 Å². The molecule has 0 atom stereocenters. The molecule has 1 aromatic rings. The van der Waals surface area contributed by atoms with E-state index in [1.165, 1.54) is 0 Å². The van der Waals surface area contributed by atoms with Crippen LogP contribution in [0.5, 0.6) is 0 Å². The molecule has 0 aliphatic heterocycles. The van der Waals surface area contributed by atoms with E-state index in [2.05, 4.69) is 0 Å². The molecule has 12 heavy (non-hydrogen) atoms. The van der Waals surface area contributed by atoms with Crippen molar-refractivity contribution < 1.29 is 0 Å². The zero-order chi connectivity index (χ0) is 8.97. The lowest BCUT2D eigenvalue weighted by Gasteiger charge is -1.96. The summed E-state index contributed by atoms with van der Waals surface area (Å²) in [6.07, 6.45) is 0. The van der Waals surface area contributed by atoms with Crippen LogP contribution in [0.1, 0.15) is 16.7 Å². The average Bonchev–Trinajstić information content (AvgIpc) is 2.16. The van der Waals surface area contributed by atoms with Crippen LogP contribution in [-0.2, 0) is 5.88 Å². The second-order valence-electron chi connectivity index (χ2n) is 2.24. The van der Waals surface area contributed by atoms with Crippen LogP contribution in [0, 0.1) is 22.7 Å². The Morgan fingerprint density at radius 1 is 1.17 bits per heavy atom. The number of benzene rings is 1. The highest BCUT2D eigenvalue weighted by atomic mass is 35.5. The van der Waals surface area contributed by atoms with Crippen LogP contribution in [0.3, 0.4) is 0 Å². The van der Waals surface area contributed by atoms with Gasteiger partial charge in [-0.05, 0) is 17.7 Å². The lowest BCUT2D eigenvalue weighted by Crippen LogP contribution is -1.86. The Bertz CT molecular complexity index is 371. The fourth-order valence-electron chi connectivity index (χ4n) is 0.865. The molecule has 0 saturated carbocycles. The van der Waals surface area contributed by atoms with E-state index in [0.717, 1.165) is 5.56 Å². The van der Waals surface area contributed by atoms with Gasteiger partial charge in [-0.15, -0.1) is 11.6 Å². The molecule has 0 amide bonds. The van der Waals surface area contributed by atoms with Gasteiger partial charge >= 0.3 is 0 Å². The number of alkyl halides is 1. The van der Waals surface area contributed by atoms with Crippen molar-refractivity contribution in [3.05, 3.63) is 34.9 Å². The minimum absolute atomic E-state index is 0.361. The normalized spacial score (nSPS) is 8.58. The van der Waals surface area contributed by atoms with Crippen molar-refractivity contribution in [3.63, 3.8) is 0 Å². The molecule has 0 radical (unpaired) electrons. The van der Waals surface area contributed by atoms with Crippen molar-refractivity contribution in [3.8, 4) is 12.1 Å². The van der Waals surface area contributed by atoms with Crippen molar-refractivity contribution in [1.82, 2.24) is 0 Å². The molecule has 1 rings (SSSR count). The minimum atomic E-state index is 0.361. The van der Waals surface area contributed by atoms with Gasteiger partial charge in [0.05, 0.1) is 11.1 Å². The monoisotopic (exact) mass is 176 g/mol. The van der Waals surface area contributed by atoms with Crippen LogP contribution in [0.2, 0.25) is 0 Å². The number of halogens is 1. The first kappa shape index (κ1) is 8.59. The molecule has 0 unspecified atom stereocenters. The minimum Gasteiger partial charge on any atom is -0.192 e. The van der Waals surface area contributed by atoms with Crippen molar-refractivity contribution in [2.75, 3.05) is 0 Å². The standard InChI is InChI=1S/C9H5ClN2/c10-4-7-1-2-8(5-11)9(3-7)6-12/h1-3H,4H2. The van der Waals surface area contributed by atoms with Crippen molar-refractivity contribution in [2.45, 2.75) is 5.88 Å². The van der Waals surface area contributed by atoms with E-state index in [9.17, 15) is 0 Å². The summed E-state index contributed by atoms with van der Waals surface area (Å²) in [5, 5.41) is 17.2. The molecule has 0 N–H and O–H groups in total. The SMILES string of the molecule is N#Cc1ccc(CCl)cc1C#N. The molecule has 1 aromatic carbocycles. The van der Waals surface area contributed by atoms with E-state index >= 15 is 0 Å². The predicted octanol–water partition coefficient (Wildman–Crippen LogP) is 2.17. The van der Waals surface area contributed by atoms with Gasteiger partial charge in [-0.25, -0.2) is 0 Å². The largest absolute Gasteiger partial charge is 0.192 e. The van der Waals surface area contributed by atoms with Gasteiger partial charge in [-0.3, -0.25) is 0 Å². The van der Waals surface area contributed by atoms with Crippen molar-refractivity contribution in [1.29, 1.82) is 10.5 Å². The third-order valence-corrected chi connectivity index (χ3v) is 1.79. The Kier molecular flexibility index (Phi) is 2.69. The van der Waals surface area contributed by atoms with E-state index in [4.69, 9.17) is 22.1 Å². The number of hydrogen-bond acceptors (Lipinski definition) is 2. The first-order valence-corrected chi connectivity index (χ1v) is 3.84. The van der Waals surface area contributed by atoms with Gasteiger partial charge in [-0.1, -0.05) is 6.07 Å². The van der Waals surface area contributed by atoms with Crippen molar-refractivity contribution >= 4 is 11.6 Å². The lowest BCUT2D eigenvalue weighted by atomic mass is 10.1. The van der Waals surface area contributed by atoms with E-state index < -0.39 is 0 Å². The quantitative estimate of drug-likeness (QED) is 0.616. The fourth-order valence-corrected chi connectivity index (χ4v) is 1.03. The average molecular weight is 177 g/mol. The maximum atomic E-state index is 8.63. The Morgan fingerprint density at radius 3 is 2.33 bits per heavy atom. The molecular weight excluding hydrogens is 172 g/mol. The number of rotatable bonds is 1. The second-order valence-corrected chi connectivity index (χ2v) is 2.50. The summed E-state index contributed by atoms with van der Waals surface area (Å²) in [6.45, 7) is 0. The van der Waals surface area contributed by atoms with Gasteiger partial charge < -0.3 is 0 Å². The first-order valence-electron chi connectivity index (χ1n) is 3.31. The molecule has 0 aliphatic rings. The van der Waals surface area contributed by atoms with Crippen LogP contribution in [0.25, 0.3) is 0 Å². The van der Waals surface area contributed by atoms with Crippen molar-refractivity contribution in [2.24, 2.45) is 0 Å². The smallest absolute Gasteiger partial charge is 0.101 e. The summed E-state index contributed by atoms with van der Waals surface area (Å²) >= 11 is 5.56. The summed E-state index contributed by atoms with van der Waals surface area (Å²) in [6, 6.07) is 8.85. The number of hydrogen-bond donors (Lipinski definition) is 0. The number of nitrogens with zero attached hydrogens (tertiary/aromatic N) is 2.